The molecule has 20 heavy (non-hydrogen) atoms. The monoisotopic (exact) mass is 282 g/mol. The molecule has 1 saturated heterocycles. The molecular formula is C15H26N2O3. The van der Waals surface area contributed by atoms with Gasteiger partial charge in [-0.2, -0.15) is 0 Å². The van der Waals surface area contributed by atoms with Gasteiger partial charge in [-0.25, -0.2) is 0 Å². The molecule has 1 unspecified atom stereocenters. The first-order valence-corrected chi connectivity index (χ1v) is 7.62. The van der Waals surface area contributed by atoms with Crippen LogP contribution in [0, 0.1) is 10.8 Å². The summed E-state index contributed by atoms with van der Waals surface area (Å²) in [6, 6.07) is -0.219. The van der Waals surface area contributed by atoms with Gasteiger partial charge in [0.2, 0.25) is 5.91 Å². The normalized spacial score (nSPS) is 28.0. The van der Waals surface area contributed by atoms with Gasteiger partial charge in [0.05, 0.1) is 11.5 Å². The lowest BCUT2D eigenvalue weighted by Gasteiger charge is -2.38. The Balaban J connectivity index is 1.96. The average Bonchev–Trinajstić information content (AvgIpc) is 2.85. The van der Waals surface area contributed by atoms with Crippen LogP contribution in [0.5, 0.6) is 0 Å². The molecule has 2 fully saturated rings. The molecule has 1 saturated carbocycles. The number of carbonyl (C=O) groups is 2. The molecule has 1 aliphatic carbocycles. The highest BCUT2D eigenvalue weighted by molar-refractivity contribution is 5.84. The summed E-state index contributed by atoms with van der Waals surface area (Å²) in [5.74, 6) is -0.826. The maximum atomic E-state index is 12.4. The molecule has 1 amide bonds. The summed E-state index contributed by atoms with van der Waals surface area (Å²) < 4.78 is 0. The van der Waals surface area contributed by atoms with Crippen molar-refractivity contribution in [3.63, 3.8) is 0 Å². The molecule has 1 heterocycles. The summed E-state index contributed by atoms with van der Waals surface area (Å²) in [6.45, 7) is 5.29. The fourth-order valence-electron chi connectivity index (χ4n) is 3.54. The number of carboxylic acids is 1. The minimum Gasteiger partial charge on any atom is -0.481 e. The zero-order chi connectivity index (χ0) is 14.8. The Labute approximate surface area is 120 Å². The molecule has 114 valence electrons. The number of piperidine rings is 1. The van der Waals surface area contributed by atoms with E-state index >= 15 is 0 Å². The van der Waals surface area contributed by atoms with Gasteiger partial charge in [0, 0.05) is 6.54 Å². The zero-order valence-corrected chi connectivity index (χ0v) is 12.5. The lowest BCUT2D eigenvalue weighted by atomic mass is 9.77. The molecule has 0 aromatic heterocycles. The highest BCUT2D eigenvalue weighted by Crippen LogP contribution is 2.38. The molecule has 5 heteroatoms. The standard InChI is InChI=1S/C15H26N2O3/c1-14(2)6-5-9-16-11(14)12(18)17-10-15(13(19)20)7-3-4-8-15/h11,16H,3-10H2,1-2H3,(H,17,18)(H,19,20). The molecule has 3 N–H and O–H groups in total. The molecule has 0 aromatic carbocycles. The Bertz CT molecular complexity index is 387. The summed E-state index contributed by atoms with van der Waals surface area (Å²) in [4.78, 5) is 23.8. The molecule has 0 aromatic rings. The van der Waals surface area contributed by atoms with Gasteiger partial charge in [0.1, 0.15) is 0 Å². The number of hydrogen-bond donors (Lipinski definition) is 3. The fourth-order valence-corrected chi connectivity index (χ4v) is 3.54. The minimum absolute atomic E-state index is 0.0535. The minimum atomic E-state index is -0.772. The molecular weight excluding hydrogens is 256 g/mol. The first-order valence-electron chi connectivity index (χ1n) is 7.62. The maximum Gasteiger partial charge on any atom is 0.311 e. The van der Waals surface area contributed by atoms with E-state index in [2.05, 4.69) is 24.5 Å². The van der Waals surface area contributed by atoms with E-state index in [1.54, 1.807) is 0 Å². The Morgan fingerprint density at radius 2 is 1.85 bits per heavy atom. The van der Waals surface area contributed by atoms with E-state index in [1.807, 2.05) is 0 Å². The number of carboxylic acid groups (broad SMARTS) is 1. The van der Waals surface area contributed by atoms with Gasteiger partial charge >= 0.3 is 5.97 Å². The topological polar surface area (TPSA) is 78.4 Å². The number of carbonyl (C=O) groups excluding carboxylic acids is 1. The SMILES string of the molecule is CC1(C)CCCNC1C(=O)NCC1(C(=O)O)CCCC1. The third kappa shape index (κ3) is 2.97. The molecule has 0 radical (unpaired) electrons. The van der Waals surface area contributed by atoms with Gasteiger partial charge in [-0.15, -0.1) is 0 Å². The second-order valence-electron chi connectivity index (χ2n) is 6.99. The summed E-state index contributed by atoms with van der Waals surface area (Å²) in [7, 11) is 0. The lowest BCUT2D eigenvalue weighted by Crippen LogP contribution is -2.57. The Morgan fingerprint density at radius 3 is 2.40 bits per heavy atom. The number of aliphatic carboxylic acids is 1. The van der Waals surface area contributed by atoms with Gasteiger partial charge in [0.15, 0.2) is 0 Å². The first kappa shape index (κ1) is 15.3. The van der Waals surface area contributed by atoms with Gasteiger partial charge in [-0.1, -0.05) is 26.7 Å². The van der Waals surface area contributed by atoms with Crippen LogP contribution in [-0.4, -0.2) is 36.1 Å². The van der Waals surface area contributed by atoms with Gasteiger partial charge < -0.3 is 15.7 Å². The van der Waals surface area contributed by atoms with E-state index in [4.69, 9.17) is 0 Å². The van der Waals surface area contributed by atoms with Crippen LogP contribution in [0.3, 0.4) is 0 Å². The molecule has 5 nitrogen and oxygen atoms in total. The Hall–Kier alpha value is -1.10. The van der Waals surface area contributed by atoms with Crippen molar-refractivity contribution in [2.24, 2.45) is 10.8 Å². The highest BCUT2D eigenvalue weighted by atomic mass is 16.4. The van der Waals surface area contributed by atoms with Crippen LogP contribution < -0.4 is 10.6 Å². The van der Waals surface area contributed by atoms with Gasteiger partial charge in [-0.05, 0) is 37.6 Å². The van der Waals surface area contributed by atoms with Crippen LogP contribution in [0.4, 0.5) is 0 Å². The van der Waals surface area contributed by atoms with Crippen molar-refractivity contribution in [2.75, 3.05) is 13.1 Å². The highest BCUT2D eigenvalue weighted by Gasteiger charge is 2.43. The zero-order valence-electron chi connectivity index (χ0n) is 12.5. The van der Waals surface area contributed by atoms with E-state index in [-0.39, 0.29) is 23.9 Å². The fraction of sp³-hybridized carbons (Fsp3) is 0.867. The smallest absolute Gasteiger partial charge is 0.311 e. The summed E-state index contributed by atoms with van der Waals surface area (Å²) in [5.41, 5.74) is -0.817. The molecule has 2 aliphatic rings. The Kier molecular flexibility index (Phi) is 4.37. The van der Waals surface area contributed by atoms with Crippen molar-refractivity contribution in [3.8, 4) is 0 Å². The quantitative estimate of drug-likeness (QED) is 0.730. The number of nitrogens with one attached hydrogen (secondary N) is 2. The summed E-state index contributed by atoms with van der Waals surface area (Å²) in [6.07, 6.45) is 5.32. The molecule has 1 aliphatic heterocycles. The molecule has 2 rings (SSSR count). The second kappa shape index (κ2) is 5.72. The average molecular weight is 282 g/mol. The van der Waals surface area contributed by atoms with Crippen LogP contribution in [0.15, 0.2) is 0 Å². The van der Waals surface area contributed by atoms with Crippen molar-refractivity contribution in [1.82, 2.24) is 10.6 Å². The largest absolute Gasteiger partial charge is 0.481 e. The van der Waals surface area contributed by atoms with Crippen LogP contribution >= 0.6 is 0 Å². The van der Waals surface area contributed by atoms with Crippen molar-refractivity contribution in [2.45, 2.75) is 58.4 Å². The number of amides is 1. The maximum absolute atomic E-state index is 12.4. The first-order chi connectivity index (χ1) is 9.37. The number of hydrogen-bond acceptors (Lipinski definition) is 3. The van der Waals surface area contributed by atoms with Crippen LogP contribution in [-0.2, 0) is 9.59 Å². The van der Waals surface area contributed by atoms with Crippen molar-refractivity contribution < 1.29 is 14.7 Å². The third-order valence-corrected chi connectivity index (χ3v) is 5.01. The van der Waals surface area contributed by atoms with E-state index < -0.39 is 11.4 Å². The van der Waals surface area contributed by atoms with Crippen molar-refractivity contribution in [1.29, 1.82) is 0 Å². The molecule has 1 atom stereocenters. The molecule has 0 bridgehead atoms. The predicted molar refractivity (Wildman–Crippen MR) is 76.4 cm³/mol. The van der Waals surface area contributed by atoms with Crippen LogP contribution in [0.1, 0.15) is 52.4 Å². The lowest BCUT2D eigenvalue weighted by molar-refractivity contribution is -0.148. The van der Waals surface area contributed by atoms with Crippen molar-refractivity contribution >= 4 is 11.9 Å². The summed E-state index contributed by atoms with van der Waals surface area (Å²) in [5, 5.41) is 15.6. The van der Waals surface area contributed by atoms with E-state index in [1.165, 1.54) is 0 Å². The van der Waals surface area contributed by atoms with Crippen LogP contribution in [0.2, 0.25) is 0 Å². The van der Waals surface area contributed by atoms with E-state index in [9.17, 15) is 14.7 Å². The van der Waals surface area contributed by atoms with Crippen molar-refractivity contribution in [3.05, 3.63) is 0 Å². The third-order valence-electron chi connectivity index (χ3n) is 5.01. The second-order valence-corrected chi connectivity index (χ2v) is 6.99. The summed E-state index contributed by atoms with van der Waals surface area (Å²) >= 11 is 0. The van der Waals surface area contributed by atoms with Gasteiger partial charge in [-0.3, -0.25) is 9.59 Å². The van der Waals surface area contributed by atoms with Gasteiger partial charge in [0.25, 0.3) is 0 Å². The predicted octanol–water partition coefficient (Wildman–Crippen LogP) is 1.53. The Morgan fingerprint density at radius 1 is 1.20 bits per heavy atom. The van der Waals surface area contributed by atoms with Crippen LogP contribution in [0.25, 0.3) is 0 Å². The number of rotatable bonds is 4. The molecule has 0 spiro atoms. The van der Waals surface area contributed by atoms with E-state index in [0.29, 0.717) is 12.8 Å². The van der Waals surface area contributed by atoms with E-state index in [0.717, 1.165) is 32.2 Å².